The molecule has 0 unspecified atom stereocenters. The summed E-state index contributed by atoms with van der Waals surface area (Å²) in [5.74, 6) is -2.47. The number of hydrogen-bond acceptors (Lipinski definition) is 10. The van der Waals surface area contributed by atoms with Crippen LogP contribution in [0.4, 0.5) is 11.4 Å². The highest BCUT2D eigenvalue weighted by atomic mass is 16.6. The van der Waals surface area contributed by atoms with Crippen LogP contribution in [-0.2, 0) is 19.1 Å². The average molecular weight is 372 g/mol. The summed E-state index contributed by atoms with van der Waals surface area (Å²) in [7, 11) is 0. The third-order valence-corrected chi connectivity index (χ3v) is 2.74. The molecule has 12 nitrogen and oxygen atoms in total. The van der Waals surface area contributed by atoms with Crippen molar-refractivity contribution in [2.75, 3.05) is 26.4 Å². The quantitative estimate of drug-likeness (QED) is 0.334. The lowest BCUT2D eigenvalue weighted by Gasteiger charge is -2.10. The molecule has 0 saturated carbocycles. The number of esters is 2. The molecule has 1 aromatic rings. The Morgan fingerprint density at radius 2 is 1.23 bits per heavy atom. The van der Waals surface area contributed by atoms with E-state index in [4.69, 9.17) is 9.47 Å². The number of ether oxygens (including phenoxy) is 4. The minimum atomic E-state index is -0.914. The fourth-order valence-corrected chi connectivity index (χ4v) is 1.73. The second kappa shape index (κ2) is 9.76. The summed E-state index contributed by atoms with van der Waals surface area (Å²) in [6, 6.07) is 1.47. The van der Waals surface area contributed by atoms with Gasteiger partial charge in [0.1, 0.15) is 6.07 Å². The van der Waals surface area contributed by atoms with Gasteiger partial charge in [-0.3, -0.25) is 20.2 Å². The van der Waals surface area contributed by atoms with E-state index in [9.17, 15) is 29.8 Å². The first kappa shape index (κ1) is 20.6. The Bertz CT molecular complexity index is 648. The van der Waals surface area contributed by atoms with Crippen molar-refractivity contribution in [1.29, 1.82) is 0 Å². The Hall–Kier alpha value is -3.44. The molecule has 26 heavy (non-hydrogen) atoms. The zero-order chi connectivity index (χ0) is 19.7. The van der Waals surface area contributed by atoms with Gasteiger partial charge in [0.15, 0.2) is 13.2 Å². The third kappa shape index (κ3) is 5.89. The maximum atomic E-state index is 11.3. The summed E-state index contributed by atoms with van der Waals surface area (Å²) in [5, 5.41) is 22.2. The lowest BCUT2D eigenvalue weighted by molar-refractivity contribution is -0.395. The Kier molecular flexibility index (Phi) is 7.73. The van der Waals surface area contributed by atoms with Gasteiger partial charge in [-0.05, 0) is 13.8 Å². The summed E-state index contributed by atoms with van der Waals surface area (Å²) < 4.78 is 19.3. The van der Waals surface area contributed by atoms with Crippen molar-refractivity contribution in [1.82, 2.24) is 0 Å². The fraction of sp³-hybridized carbons (Fsp3) is 0.429. The van der Waals surface area contributed by atoms with Crippen molar-refractivity contribution in [2.24, 2.45) is 0 Å². The molecule has 0 spiro atoms. The second-order valence-electron chi connectivity index (χ2n) is 4.49. The van der Waals surface area contributed by atoms with E-state index in [1.807, 2.05) is 0 Å². The number of rotatable bonds is 10. The molecule has 0 atom stereocenters. The Labute approximate surface area is 146 Å². The normalized spacial score (nSPS) is 9.92. The van der Waals surface area contributed by atoms with Crippen LogP contribution >= 0.6 is 0 Å². The van der Waals surface area contributed by atoms with E-state index < -0.39 is 57.9 Å². The van der Waals surface area contributed by atoms with Crippen LogP contribution in [0, 0.1) is 20.2 Å². The number of nitro groups is 2. The molecule has 0 saturated heterocycles. The van der Waals surface area contributed by atoms with Gasteiger partial charge in [-0.2, -0.15) is 0 Å². The first-order valence-corrected chi connectivity index (χ1v) is 7.33. The van der Waals surface area contributed by atoms with Gasteiger partial charge in [0.2, 0.25) is 11.5 Å². The molecule has 0 bridgehead atoms. The van der Waals surface area contributed by atoms with E-state index in [1.54, 1.807) is 13.8 Å². The van der Waals surface area contributed by atoms with Crippen LogP contribution in [0.15, 0.2) is 12.1 Å². The second-order valence-corrected chi connectivity index (χ2v) is 4.49. The predicted molar refractivity (Wildman–Crippen MR) is 84.0 cm³/mol. The Morgan fingerprint density at radius 1 is 0.846 bits per heavy atom. The van der Waals surface area contributed by atoms with Crippen molar-refractivity contribution >= 4 is 23.3 Å². The third-order valence-electron chi connectivity index (χ3n) is 2.74. The molecule has 1 aromatic carbocycles. The molecular weight excluding hydrogens is 356 g/mol. The number of nitro benzene ring substituents is 2. The summed E-state index contributed by atoms with van der Waals surface area (Å²) in [6.45, 7) is 1.99. The van der Waals surface area contributed by atoms with Crippen molar-refractivity contribution in [3.05, 3.63) is 32.4 Å². The van der Waals surface area contributed by atoms with E-state index in [1.165, 1.54) is 0 Å². The van der Waals surface area contributed by atoms with Crippen molar-refractivity contribution in [3.8, 4) is 11.5 Å². The number of carbonyl (C=O) groups is 2. The molecule has 1 rings (SSSR count). The molecule has 142 valence electrons. The van der Waals surface area contributed by atoms with Crippen LogP contribution in [0.2, 0.25) is 0 Å². The topological polar surface area (TPSA) is 157 Å². The van der Waals surface area contributed by atoms with Crippen LogP contribution in [0.1, 0.15) is 13.8 Å². The Morgan fingerprint density at radius 3 is 1.54 bits per heavy atom. The zero-order valence-corrected chi connectivity index (χ0v) is 14.0. The minimum absolute atomic E-state index is 0.0818. The van der Waals surface area contributed by atoms with Gasteiger partial charge in [-0.15, -0.1) is 0 Å². The van der Waals surface area contributed by atoms with Gasteiger partial charge >= 0.3 is 23.3 Å². The molecule has 0 fully saturated rings. The predicted octanol–water partition coefficient (Wildman–Crippen LogP) is 1.39. The van der Waals surface area contributed by atoms with Crippen molar-refractivity contribution in [2.45, 2.75) is 13.8 Å². The molecule has 0 heterocycles. The smallest absolute Gasteiger partial charge is 0.344 e. The van der Waals surface area contributed by atoms with E-state index in [0.717, 1.165) is 6.07 Å². The van der Waals surface area contributed by atoms with Crippen LogP contribution in [-0.4, -0.2) is 48.2 Å². The van der Waals surface area contributed by atoms with Gasteiger partial charge in [0.05, 0.1) is 23.1 Å². The zero-order valence-electron chi connectivity index (χ0n) is 14.0. The highest BCUT2D eigenvalue weighted by Crippen LogP contribution is 2.39. The molecular formula is C14H16N2O10. The minimum Gasteiger partial charge on any atom is -0.475 e. The number of benzene rings is 1. The average Bonchev–Trinajstić information content (AvgIpc) is 2.57. The summed E-state index contributed by atoms with van der Waals surface area (Å²) in [4.78, 5) is 43.0. The molecule has 12 heteroatoms. The first-order chi connectivity index (χ1) is 12.3. The summed E-state index contributed by atoms with van der Waals surface area (Å²) >= 11 is 0. The van der Waals surface area contributed by atoms with Crippen LogP contribution in [0.25, 0.3) is 0 Å². The van der Waals surface area contributed by atoms with E-state index in [0.29, 0.717) is 6.07 Å². The van der Waals surface area contributed by atoms with Crippen molar-refractivity contribution in [3.63, 3.8) is 0 Å². The number of hydrogen-bond donors (Lipinski definition) is 0. The van der Waals surface area contributed by atoms with Gasteiger partial charge in [-0.25, -0.2) is 9.59 Å². The highest BCUT2D eigenvalue weighted by Gasteiger charge is 2.27. The molecule has 0 radical (unpaired) electrons. The summed E-state index contributed by atoms with van der Waals surface area (Å²) in [5.41, 5.74) is -1.49. The Balaban J connectivity index is 3.15. The van der Waals surface area contributed by atoms with E-state index in [-0.39, 0.29) is 13.2 Å². The number of carbonyl (C=O) groups excluding carboxylic acids is 2. The fourth-order valence-electron chi connectivity index (χ4n) is 1.73. The van der Waals surface area contributed by atoms with Gasteiger partial charge in [-0.1, -0.05) is 0 Å². The molecule has 0 aliphatic heterocycles. The van der Waals surface area contributed by atoms with Crippen LogP contribution < -0.4 is 9.47 Å². The van der Waals surface area contributed by atoms with E-state index >= 15 is 0 Å². The number of nitrogens with zero attached hydrogens (tertiary/aromatic N) is 2. The summed E-state index contributed by atoms with van der Waals surface area (Å²) in [6.07, 6.45) is 0. The molecule has 0 aromatic heterocycles. The van der Waals surface area contributed by atoms with Gasteiger partial charge in [0, 0.05) is 6.07 Å². The molecule has 0 aliphatic rings. The standard InChI is InChI=1S/C14H16N2O10/c1-3-23-13(17)7-25-11-6-12(26-8-14(18)24-4-2)10(16(21)22)5-9(11)15(19)20/h5-6H,3-4,7-8H2,1-2H3. The molecule has 0 aliphatic carbocycles. The lowest BCUT2D eigenvalue weighted by atomic mass is 10.2. The van der Waals surface area contributed by atoms with E-state index in [2.05, 4.69) is 9.47 Å². The largest absolute Gasteiger partial charge is 0.475 e. The molecule has 0 amide bonds. The molecule has 0 N–H and O–H groups in total. The lowest BCUT2D eigenvalue weighted by Crippen LogP contribution is -2.16. The van der Waals surface area contributed by atoms with Crippen LogP contribution in [0.5, 0.6) is 11.5 Å². The van der Waals surface area contributed by atoms with Crippen LogP contribution in [0.3, 0.4) is 0 Å². The highest BCUT2D eigenvalue weighted by molar-refractivity contribution is 5.72. The van der Waals surface area contributed by atoms with Gasteiger partial charge < -0.3 is 18.9 Å². The monoisotopic (exact) mass is 372 g/mol. The maximum absolute atomic E-state index is 11.3. The van der Waals surface area contributed by atoms with Gasteiger partial charge in [0.25, 0.3) is 0 Å². The maximum Gasteiger partial charge on any atom is 0.344 e. The SMILES string of the molecule is CCOC(=O)COc1cc(OCC(=O)OCC)c([N+](=O)[O-])cc1[N+](=O)[O-]. The first-order valence-electron chi connectivity index (χ1n) is 7.33. The van der Waals surface area contributed by atoms with Crippen molar-refractivity contribution < 1.29 is 38.4 Å².